The Morgan fingerprint density at radius 3 is 1.10 bits per heavy atom. The third kappa shape index (κ3) is 41.2. The first-order valence-corrected chi connectivity index (χ1v) is 40.1. The summed E-state index contributed by atoms with van der Waals surface area (Å²) in [4.78, 5) is 203. The lowest BCUT2D eigenvalue weighted by atomic mass is 9.88. The van der Waals surface area contributed by atoms with Crippen molar-refractivity contribution in [1.29, 1.82) is 0 Å². The first kappa shape index (κ1) is 101. The van der Waals surface area contributed by atoms with Crippen molar-refractivity contribution in [3.8, 4) is 0 Å². The molecule has 3 fully saturated rings. The number of nitrogens with one attached hydrogen (secondary N) is 5. The monoisotopic (exact) mass is 1640 g/mol. The normalized spacial score (nSPS) is 23.2. The number of ketones is 1. The second-order valence-electron chi connectivity index (χ2n) is 29.2. The van der Waals surface area contributed by atoms with Crippen LogP contribution in [0.4, 0.5) is 0 Å². The maximum atomic E-state index is 14.4. The Kier molecular flexibility index (Phi) is 48.3. The minimum absolute atomic E-state index is 0.00488. The average Bonchev–Trinajstić information content (AvgIpc) is 0.808. The molecule has 0 spiro atoms. The van der Waals surface area contributed by atoms with Crippen molar-refractivity contribution >= 4 is 94.9 Å². The summed E-state index contributed by atoms with van der Waals surface area (Å²) in [6.45, 7) is 18.9. The van der Waals surface area contributed by atoms with E-state index < -0.39 is 158 Å². The molecule has 37 nitrogen and oxygen atoms in total. The van der Waals surface area contributed by atoms with E-state index in [1.54, 1.807) is 37.5 Å². The Labute approximate surface area is 673 Å². The van der Waals surface area contributed by atoms with E-state index in [1.807, 2.05) is 0 Å². The third-order valence-electron chi connectivity index (χ3n) is 19.3. The molecule has 3 aliphatic heterocycles. The van der Waals surface area contributed by atoms with Crippen molar-refractivity contribution in [2.24, 2.45) is 17.8 Å². The van der Waals surface area contributed by atoms with Gasteiger partial charge in [-0.05, 0) is 83.5 Å². The highest BCUT2D eigenvalue weighted by molar-refractivity contribution is 5.80. The van der Waals surface area contributed by atoms with Gasteiger partial charge in [0.1, 0.15) is 68.3 Å². The molecule has 7 unspecified atom stereocenters. The molecule has 3 aliphatic rings. The number of ether oxygens (including phenoxy) is 13. The van der Waals surface area contributed by atoms with E-state index in [0.717, 1.165) is 0 Å². The number of carboxylic acid groups (broad SMARTS) is 1. The summed E-state index contributed by atoms with van der Waals surface area (Å²) < 4.78 is 74.4. The first-order valence-electron chi connectivity index (χ1n) is 40.1. The number of carboxylic acids is 1. The van der Waals surface area contributed by atoms with E-state index in [1.165, 1.54) is 62.3 Å². The Hall–Kier alpha value is -8.52. The molecule has 6 N–H and O–H groups in total. The van der Waals surface area contributed by atoms with Gasteiger partial charge in [-0.15, -0.1) is 0 Å². The Bertz CT molecular complexity index is 3140. The lowest BCUT2D eigenvalue weighted by molar-refractivity contribution is -0.262. The van der Waals surface area contributed by atoms with Gasteiger partial charge in [0.25, 0.3) is 0 Å². The zero-order valence-electron chi connectivity index (χ0n) is 69.3. The number of Topliss-reactive ketones (excluding diaryl/α,β-unsaturated/α-hetero) is 1. The van der Waals surface area contributed by atoms with Crippen molar-refractivity contribution in [1.82, 2.24) is 36.4 Å². The smallest absolute Gasteiger partial charge is 0.306 e. The number of unbranched alkanes of at least 4 members (excludes halogenated alkanes) is 5. The highest BCUT2D eigenvalue weighted by Gasteiger charge is 2.50. The zero-order valence-corrected chi connectivity index (χ0v) is 69.3. The van der Waals surface area contributed by atoms with Gasteiger partial charge < -0.3 is 103 Å². The first-order chi connectivity index (χ1) is 54.5. The molecular weight excluding hydrogens is 1510 g/mol. The van der Waals surface area contributed by atoms with Crippen molar-refractivity contribution in [2.45, 2.75) is 305 Å². The van der Waals surface area contributed by atoms with Crippen LogP contribution in [0.3, 0.4) is 0 Å². The second kappa shape index (κ2) is 55.2. The molecule has 115 heavy (non-hydrogen) atoms. The summed E-state index contributed by atoms with van der Waals surface area (Å²) >= 11 is 0. The van der Waals surface area contributed by atoms with E-state index in [2.05, 4.69) is 26.6 Å². The van der Waals surface area contributed by atoms with Crippen LogP contribution in [0.25, 0.3) is 0 Å². The van der Waals surface area contributed by atoms with Crippen molar-refractivity contribution in [3.05, 3.63) is 0 Å². The van der Waals surface area contributed by atoms with Crippen LogP contribution in [0.1, 0.15) is 225 Å². The predicted octanol–water partition coefficient (Wildman–Crippen LogP) is 3.78. The quantitative estimate of drug-likeness (QED) is 0.0286. The summed E-state index contributed by atoms with van der Waals surface area (Å²) in [5.74, 6) is -9.29. The molecule has 0 saturated carbocycles. The summed E-state index contributed by atoms with van der Waals surface area (Å²) in [5.41, 5.74) is 0. The van der Waals surface area contributed by atoms with E-state index in [-0.39, 0.29) is 165 Å². The maximum Gasteiger partial charge on any atom is 0.306 e. The van der Waals surface area contributed by atoms with E-state index in [4.69, 9.17) is 66.7 Å². The Balaban J connectivity index is 1.77. The minimum atomic E-state index is -1.15. The van der Waals surface area contributed by atoms with Crippen LogP contribution in [-0.2, 0) is 138 Å². The number of aliphatic carboxylic acids is 1. The van der Waals surface area contributed by atoms with Gasteiger partial charge >= 0.3 is 47.8 Å². The van der Waals surface area contributed by atoms with Gasteiger partial charge in [0.2, 0.25) is 41.4 Å². The number of carbonyl (C=O) groups excluding carboxylic acids is 15. The van der Waals surface area contributed by atoms with Crippen molar-refractivity contribution in [3.63, 3.8) is 0 Å². The molecule has 0 aromatic heterocycles. The molecule has 3 heterocycles. The second-order valence-corrected chi connectivity index (χ2v) is 29.2. The van der Waals surface area contributed by atoms with E-state index in [0.29, 0.717) is 83.5 Å². The molecule has 16 atom stereocenters. The van der Waals surface area contributed by atoms with Gasteiger partial charge in [0, 0.05) is 171 Å². The number of esters is 7. The maximum absolute atomic E-state index is 14.4. The molecule has 0 aromatic carbocycles. The fourth-order valence-corrected chi connectivity index (χ4v) is 13.4. The lowest BCUT2D eigenvalue weighted by Crippen LogP contribution is -2.62. The van der Waals surface area contributed by atoms with Crippen LogP contribution in [0.2, 0.25) is 0 Å². The third-order valence-corrected chi connectivity index (χ3v) is 19.3. The van der Waals surface area contributed by atoms with Gasteiger partial charge in [-0.2, -0.15) is 0 Å². The van der Waals surface area contributed by atoms with Crippen LogP contribution in [0.15, 0.2) is 0 Å². The molecular formula is C78H127N7O30. The molecule has 3 saturated heterocycles. The summed E-state index contributed by atoms with van der Waals surface area (Å²) in [6, 6.07) is -2.28. The van der Waals surface area contributed by atoms with Gasteiger partial charge in [0.05, 0.1) is 37.5 Å². The standard InChI is InChI=1S/C78H127N7O30/c1-14-60(112-69(102)34-33-68(100)101)43-80-65(97)29-15-16-31-66(98)85(37-25-35-79-64(96)30-19-23-41-104-77-71(82-51(6)87)48(3)74(110-57(12)93)62(114-77)45-107-54(9)90)39-26-38-84(67(99)32-20-24-42-105-78-72(83-52(7)88)49(4)75(111-58(13)94)63(115-78)46-108-55(10)91)36-21-17-27-59(95)28-18-22-40-103-76-70(81-50(5)86)47(2)73(109-56(11)92)61(113-76)44-106-53(8)89/h47-49,60-63,70-78H,14-46H2,1-13H3,(H,79,96)(H,80,97)(H,81,86)(H,82,87)(H,83,88)(H,100,101)/t47-,48-,49-,60?,61?,62?,63?,70?,71?,72?,73-,74-,75-,76-,77-,78-/m1/s1. The SMILES string of the molecule is CCC(CNC(=O)CCCCC(=O)N(CCCNC(=O)CCCCO[C@@H]1OC(COC(C)=O)[C@H](OC(C)=O)[C@H](C)C1NC(C)=O)CCCN(CCCCC(=O)CCCCO[C@@H]1OC(COC(C)=O)[C@H](OC(C)=O)[C@H](C)C1NC(C)=O)C(=O)CCCCO[C@@H]1OC(COC(C)=O)[C@H](OC(C)=O)[C@H](C)C1NC(C)=O)OC(=O)CCC(=O)O. The number of nitrogens with zero attached hydrogens (tertiary/aromatic N) is 2. The Morgan fingerprint density at radius 1 is 0.391 bits per heavy atom. The number of hydrogen-bond donors (Lipinski definition) is 6. The summed E-state index contributed by atoms with van der Waals surface area (Å²) in [6.07, 6.45) is -4.40. The van der Waals surface area contributed by atoms with Crippen LogP contribution in [-0.4, -0.2) is 268 Å². The summed E-state index contributed by atoms with van der Waals surface area (Å²) in [7, 11) is 0. The zero-order chi connectivity index (χ0) is 85.7. The highest BCUT2D eigenvalue weighted by Crippen LogP contribution is 2.33. The van der Waals surface area contributed by atoms with Gasteiger partial charge in [0.15, 0.2) is 18.9 Å². The number of amides is 7. The topological polar surface area (TPSA) is 480 Å². The molecule has 0 aromatic rings. The van der Waals surface area contributed by atoms with Crippen LogP contribution in [0, 0.1) is 17.8 Å². The van der Waals surface area contributed by atoms with Crippen LogP contribution < -0.4 is 26.6 Å². The highest BCUT2D eigenvalue weighted by atomic mass is 16.7. The van der Waals surface area contributed by atoms with E-state index >= 15 is 0 Å². The van der Waals surface area contributed by atoms with Gasteiger partial charge in [-0.1, -0.05) is 27.7 Å². The molecule has 0 bridgehead atoms. The Morgan fingerprint density at radius 2 is 0.730 bits per heavy atom. The molecule has 3 rings (SSSR count). The minimum Gasteiger partial charge on any atom is -0.481 e. The van der Waals surface area contributed by atoms with Crippen LogP contribution >= 0.6 is 0 Å². The lowest BCUT2D eigenvalue weighted by Gasteiger charge is -2.44. The number of carbonyl (C=O) groups is 16. The summed E-state index contributed by atoms with van der Waals surface area (Å²) in [5, 5.41) is 23.0. The van der Waals surface area contributed by atoms with Crippen molar-refractivity contribution in [2.75, 3.05) is 78.9 Å². The average molecular weight is 1640 g/mol. The van der Waals surface area contributed by atoms with Gasteiger partial charge in [-0.3, -0.25) is 76.7 Å². The van der Waals surface area contributed by atoms with Crippen LogP contribution in [0.5, 0.6) is 0 Å². The molecule has 654 valence electrons. The van der Waals surface area contributed by atoms with E-state index in [9.17, 15) is 76.7 Å². The molecule has 0 radical (unpaired) electrons. The fourth-order valence-electron chi connectivity index (χ4n) is 13.4. The number of hydrogen-bond acceptors (Lipinski definition) is 29. The molecule has 0 aliphatic carbocycles. The number of rotatable bonds is 55. The molecule has 7 amide bonds. The fraction of sp³-hybridized carbons (Fsp3) is 0.795. The molecule has 37 heteroatoms. The predicted molar refractivity (Wildman–Crippen MR) is 405 cm³/mol. The van der Waals surface area contributed by atoms with Crippen molar-refractivity contribution < 1.29 is 143 Å². The van der Waals surface area contributed by atoms with Gasteiger partial charge in [-0.25, -0.2) is 0 Å². The largest absolute Gasteiger partial charge is 0.481 e.